The molecule has 0 saturated heterocycles. The van der Waals surface area contributed by atoms with Crippen molar-refractivity contribution in [1.29, 1.82) is 0 Å². The zero-order valence-corrected chi connectivity index (χ0v) is 12.1. The molecule has 1 unspecified atom stereocenters. The smallest absolute Gasteiger partial charge is 0.0120 e. The fourth-order valence-electron chi connectivity index (χ4n) is 2.70. The van der Waals surface area contributed by atoms with Crippen LogP contribution in [-0.4, -0.2) is 6.04 Å². The van der Waals surface area contributed by atoms with E-state index in [1.54, 1.807) is 0 Å². The van der Waals surface area contributed by atoms with Gasteiger partial charge in [0.1, 0.15) is 0 Å². The van der Waals surface area contributed by atoms with E-state index >= 15 is 0 Å². The minimum Gasteiger partial charge on any atom is -0.327 e. The van der Waals surface area contributed by atoms with Gasteiger partial charge in [-0.2, -0.15) is 0 Å². The number of hydrogen-bond acceptors (Lipinski definition) is 1. The van der Waals surface area contributed by atoms with Gasteiger partial charge in [-0.3, -0.25) is 0 Å². The highest BCUT2D eigenvalue weighted by molar-refractivity contribution is 5.29. The maximum atomic E-state index is 6.29. The van der Waals surface area contributed by atoms with Crippen LogP contribution in [-0.2, 0) is 12.8 Å². The van der Waals surface area contributed by atoms with Crippen LogP contribution in [0.4, 0.5) is 0 Å². The molecule has 0 aliphatic heterocycles. The Morgan fingerprint density at radius 3 is 2.00 bits per heavy atom. The molecule has 2 rings (SSSR count). The van der Waals surface area contributed by atoms with Gasteiger partial charge in [0.05, 0.1) is 0 Å². The highest BCUT2D eigenvalue weighted by atomic mass is 14.6. The van der Waals surface area contributed by atoms with E-state index in [-0.39, 0.29) is 6.04 Å². The van der Waals surface area contributed by atoms with Crippen molar-refractivity contribution in [3.63, 3.8) is 0 Å². The standard InChI is InChI=1S/C18H23N/c1-13-5-4-6-16(8-13)11-18(19)12-17-9-14(2)7-15(3)10-17/h4-10,18H,11-12,19H2,1-3H3. The first-order chi connectivity index (χ1) is 9.02. The molecular weight excluding hydrogens is 230 g/mol. The zero-order chi connectivity index (χ0) is 13.8. The number of aryl methyl sites for hydroxylation is 3. The molecule has 19 heavy (non-hydrogen) atoms. The normalized spacial score (nSPS) is 12.4. The van der Waals surface area contributed by atoms with Crippen LogP contribution in [0.2, 0.25) is 0 Å². The summed E-state index contributed by atoms with van der Waals surface area (Å²) in [6.07, 6.45) is 1.88. The SMILES string of the molecule is Cc1cccc(CC(N)Cc2cc(C)cc(C)c2)c1. The van der Waals surface area contributed by atoms with E-state index in [0.717, 1.165) is 12.8 Å². The molecule has 1 nitrogen and oxygen atoms in total. The van der Waals surface area contributed by atoms with Crippen LogP contribution in [0.15, 0.2) is 42.5 Å². The zero-order valence-electron chi connectivity index (χ0n) is 12.1. The van der Waals surface area contributed by atoms with Gasteiger partial charge in [-0.1, -0.05) is 59.2 Å². The predicted molar refractivity (Wildman–Crippen MR) is 82.5 cm³/mol. The summed E-state index contributed by atoms with van der Waals surface area (Å²) in [6, 6.07) is 15.5. The van der Waals surface area contributed by atoms with E-state index in [2.05, 4.69) is 63.2 Å². The van der Waals surface area contributed by atoms with Crippen LogP contribution in [0.3, 0.4) is 0 Å². The first-order valence-corrected chi connectivity index (χ1v) is 6.91. The highest BCUT2D eigenvalue weighted by Gasteiger charge is 2.06. The van der Waals surface area contributed by atoms with Gasteiger partial charge in [0, 0.05) is 6.04 Å². The van der Waals surface area contributed by atoms with E-state index in [9.17, 15) is 0 Å². The van der Waals surface area contributed by atoms with E-state index in [1.807, 2.05) is 0 Å². The van der Waals surface area contributed by atoms with E-state index in [4.69, 9.17) is 5.73 Å². The number of nitrogens with two attached hydrogens (primary N) is 1. The van der Waals surface area contributed by atoms with Crippen molar-refractivity contribution in [3.05, 3.63) is 70.3 Å². The lowest BCUT2D eigenvalue weighted by Crippen LogP contribution is -2.25. The van der Waals surface area contributed by atoms with Gasteiger partial charge in [0.25, 0.3) is 0 Å². The van der Waals surface area contributed by atoms with Crippen molar-refractivity contribution in [2.24, 2.45) is 5.73 Å². The summed E-state index contributed by atoms with van der Waals surface area (Å²) in [6.45, 7) is 6.41. The fraction of sp³-hybridized carbons (Fsp3) is 0.333. The molecule has 0 saturated carbocycles. The molecule has 0 spiro atoms. The van der Waals surface area contributed by atoms with Crippen LogP contribution in [0.5, 0.6) is 0 Å². The Bertz CT molecular complexity index is 537. The van der Waals surface area contributed by atoms with E-state index in [0.29, 0.717) is 0 Å². The highest BCUT2D eigenvalue weighted by Crippen LogP contribution is 2.13. The summed E-state index contributed by atoms with van der Waals surface area (Å²) in [5.41, 5.74) is 12.9. The van der Waals surface area contributed by atoms with Crippen LogP contribution >= 0.6 is 0 Å². The second-order valence-electron chi connectivity index (χ2n) is 5.65. The number of benzene rings is 2. The Labute approximate surface area is 116 Å². The Kier molecular flexibility index (Phi) is 4.39. The quantitative estimate of drug-likeness (QED) is 0.883. The van der Waals surface area contributed by atoms with Gasteiger partial charge in [-0.25, -0.2) is 0 Å². The summed E-state index contributed by atoms with van der Waals surface area (Å²) in [5.74, 6) is 0. The van der Waals surface area contributed by atoms with Crippen molar-refractivity contribution in [3.8, 4) is 0 Å². The van der Waals surface area contributed by atoms with E-state index in [1.165, 1.54) is 27.8 Å². The van der Waals surface area contributed by atoms with Crippen molar-refractivity contribution in [2.45, 2.75) is 39.7 Å². The molecule has 2 aromatic carbocycles. The van der Waals surface area contributed by atoms with Crippen molar-refractivity contribution in [1.82, 2.24) is 0 Å². The van der Waals surface area contributed by atoms with Crippen LogP contribution in [0, 0.1) is 20.8 Å². The van der Waals surface area contributed by atoms with Gasteiger partial charge in [-0.15, -0.1) is 0 Å². The van der Waals surface area contributed by atoms with E-state index < -0.39 is 0 Å². The van der Waals surface area contributed by atoms with Gasteiger partial charge in [0.15, 0.2) is 0 Å². The predicted octanol–water partition coefficient (Wildman–Crippen LogP) is 3.72. The largest absolute Gasteiger partial charge is 0.327 e. The Morgan fingerprint density at radius 2 is 1.37 bits per heavy atom. The van der Waals surface area contributed by atoms with Crippen molar-refractivity contribution < 1.29 is 0 Å². The molecule has 0 radical (unpaired) electrons. The third kappa shape index (κ3) is 4.22. The molecule has 0 bridgehead atoms. The Hall–Kier alpha value is -1.60. The lowest BCUT2D eigenvalue weighted by atomic mass is 9.97. The minimum absolute atomic E-state index is 0.183. The second kappa shape index (κ2) is 6.03. The average Bonchev–Trinajstić information content (AvgIpc) is 2.26. The molecule has 1 heteroatoms. The molecule has 0 aliphatic carbocycles. The van der Waals surface area contributed by atoms with Crippen LogP contribution in [0.25, 0.3) is 0 Å². The summed E-state index contributed by atoms with van der Waals surface area (Å²) in [7, 11) is 0. The minimum atomic E-state index is 0.183. The molecule has 2 N–H and O–H groups in total. The molecule has 100 valence electrons. The monoisotopic (exact) mass is 253 g/mol. The lowest BCUT2D eigenvalue weighted by molar-refractivity contribution is 0.664. The molecular formula is C18H23N. The lowest BCUT2D eigenvalue weighted by Gasteiger charge is -2.13. The van der Waals surface area contributed by atoms with Crippen molar-refractivity contribution >= 4 is 0 Å². The maximum Gasteiger partial charge on any atom is 0.0120 e. The maximum absolute atomic E-state index is 6.29. The Balaban J connectivity index is 2.03. The molecule has 1 atom stereocenters. The molecule has 0 heterocycles. The molecule has 0 aromatic heterocycles. The first-order valence-electron chi connectivity index (χ1n) is 6.91. The third-order valence-electron chi connectivity index (χ3n) is 3.36. The number of rotatable bonds is 4. The van der Waals surface area contributed by atoms with Crippen LogP contribution < -0.4 is 5.73 Å². The number of hydrogen-bond donors (Lipinski definition) is 1. The van der Waals surface area contributed by atoms with Gasteiger partial charge in [0.2, 0.25) is 0 Å². The molecule has 0 aliphatic rings. The first kappa shape index (κ1) is 13.8. The molecule has 2 aromatic rings. The summed E-state index contributed by atoms with van der Waals surface area (Å²) in [4.78, 5) is 0. The molecule has 0 amide bonds. The van der Waals surface area contributed by atoms with Gasteiger partial charge < -0.3 is 5.73 Å². The van der Waals surface area contributed by atoms with Crippen molar-refractivity contribution in [2.75, 3.05) is 0 Å². The van der Waals surface area contributed by atoms with Crippen LogP contribution in [0.1, 0.15) is 27.8 Å². The topological polar surface area (TPSA) is 26.0 Å². The van der Waals surface area contributed by atoms with Gasteiger partial charge in [-0.05, 0) is 44.7 Å². The summed E-state index contributed by atoms with van der Waals surface area (Å²) >= 11 is 0. The fourth-order valence-corrected chi connectivity index (χ4v) is 2.70. The molecule has 0 fully saturated rings. The third-order valence-corrected chi connectivity index (χ3v) is 3.36. The van der Waals surface area contributed by atoms with Gasteiger partial charge >= 0.3 is 0 Å². The summed E-state index contributed by atoms with van der Waals surface area (Å²) in [5, 5.41) is 0. The Morgan fingerprint density at radius 1 is 0.789 bits per heavy atom. The summed E-state index contributed by atoms with van der Waals surface area (Å²) < 4.78 is 0. The second-order valence-corrected chi connectivity index (χ2v) is 5.65. The average molecular weight is 253 g/mol.